The van der Waals surface area contributed by atoms with Gasteiger partial charge < -0.3 is 10.0 Å². The summed E-state index contributed by atoms with van der Waals surface area (Å²) in [5.41, 5.74) is 0.194. The van der Waals surface area contributed by atoms with E-state index in [9.17, 15) is 4.79 Å². The minimum atomic E-state index is -0.949. The van der Waals surface area contributed by atoms with Crippen LogP contribution in [-0.2, 0) is 4.79 Å². The van der Waals surface area contributed by atoms with Crippen molar-refractivity contribution in [2.24, 2.45) is 0 Å². The van der Waals surface area contributed by atoms with Gasteiger partial charge in [-0.2, -0.15) is 0 Å². The van der Waals surface area contributed by atoms with E-state index in [2.05, 4.69) is 6.58 Å². The zero-order valence-corrected chi connectivity index (χ0v) is 8.08. The molecule has 1 aliphatic heterocycles. The van der Waals surface area contributed by atoms with Crippen molar-refractivity contribution in [1.29, 1.82) is 0 Å². The zero-order chi connectivity index (χ0) is 9.14. The van der Waals surface area contributed by atoms with E-state index in [1.807, 2.05) is 4.90 Å². The van der Waals surface area contributed by atoms with E-state index in [4.69, 9.17) is 17.3 Å². The van der Waals surface area contributed by atoms with Gasteiger partial charge in [0.1, 0.15) is 4.32 Å². The molecule has 3 nitrogen and oxygen atoms in total. The Hall–Kier alpha value is -0.550. The second-order valence-electron chi connectivity index (χ2n) is 2.44. The molecule has 1 fully saturated rings. The predicted octanol–water partition coefficient (Wildman–Crippen LogP) is 0.961. The predicted molar refractivity (Wildman–Crippen MR) is 53.4 cm³/mol. The van der Waals surface area contributed by atoms with Crippen molar-refractivity contribution in [1.82, 2.24) is 4.90 Å². The summed E-state index contributed by atoms with van der Waals surface area (Å²) in [6, 6.07) is 0. The van der Waals surface area contributed by atoms with Gasteiger partial charge in [-0.1, -0.05) is 30.6 Å². The molecule has 1 rings (SSSR count). The number of thiocarbonyl (C=S) groups is 1. The molecule has 12 heavy (non-hydrogen) atoms. The highest BCUT2D eigenvalue weighted by molar-refractivity contribution is 8.23. The van der Waals surface area contributed by atoms with Gasteiger partial charge in [0.2, 0.25) is 0 Å². The maximum Gasteiger partial charge on any atom is 0.332 e. The maximum absolute atomic E-state index is 10.4. The monoisotopic (exact) mass is 203 g/mol. The molecule has 1 N–H and O–H groups in total. The van der Waals surface area contributed by atoms with Gasteiger partial charge in [0.15, 0.2) is 0 Å². The Morgan fingerprint density at radius 1 is 1.83 bits per heavy atom. The first-order valence-corrected chi connectivity index (χ1v) is 4.83. The molecule has 66 valence electrons. The van der Waals surface area contributed by atoms with Crippen molar-refractivity contribution in [2.45, 2.75) is 0 Å². The highest BCUT2D eigenvalue weighted by Crippen LogP contribution is 2.18. The Balaban J connectivity index is 2.46. The fourth-order valence-corrected chi connectivity index (χ4v) is 2.10. The van der Waals surface area contributed by atoms with Crippen LogP contribution in [0.2, 0.25) is 0 Å². The Kier molecular flexibility index (Phi) is 3.11. The van der Waals surface area contributed by atoms with Crippen molar-refractivity contribution < 1.29 is 9.90 Å². The third-order valence-corrected chi connectivity index (χ3v) is 3.03. The van der Waals surface area contributed by atoms with Crippen molar-refractivity contribution in [3.63, 3.8) is 0 Å². The number of nitrogens with zero attached hydrogens (tertiary/aromatic N) is 1. The lowest BCUT2D eigenvalue weighted by Gasteiger charge is -2.15. The van der Waals surface area contributed by atoms with Crippen LogP contribution in [0.4, 0.5) is 0 Å². The minimum Gasteiger partial charge on any atom is -0.478 e. The van der Waals surface area contributed by atoms with Crippen LogP contribution in [0, 0.1) is 0 Å². The van der Waals surface area contributed by atoms with E-state index in [1.165, 1.54) is 0 Å². The van der Waals surface area contributed by atoms with E-state index < -0.39 is 5.97 Å². The lowest BCUT2D eigenvalue weighted by molar-refractivity contribution is -0.132. The van der Waals surface area contributed by atoms with Crippen molar-refractivity contribution in [3.8, 4) is 0 Å². The summed E-state index contributed by atoms with van der Waals surface area (Å²) < 4.78 is 0.775. The van der Waals surface area contributed by atoms with Crippen LogP contribution < -0.4 is 0 Å². The third-order valence-electron chi connectivity index (χ3n) is 1.53. The summed E-state index contributed by atoms with van der Waals surface area (Å²) in [6.45, 7) is 4.62. The fourth-order valence-electron chi connectivity index (χ4n) is 0.867. The molecule has 1 saturated heterocycles. The van der Waals surface area contributed by atoms with Gasteiger partial charge in [-0.25, -0.2) is 4.79 Å². The summed E-state index contributed by atoms with van der Waals surface area (Å²) in [5.74, 6) is 0.000779. The van der Waals surface area contributed by atoms with Crippen LogP contribution in [0.3, 0.4) is 0 Å². The molecule has 0 aliphatic carbocycles. The van der Waals surface area contributed by atoms with E-state index in [-0.39, 0.29) is 5.57 Å². The molecule has 1 heterocycles. The summed E-state index contributed by atoms with van der Waals surface area (Å²) in [6.07, 6.45) is 0. The maximum atomic E-state index is 10.4. The van der Waals surface area contributed by atoms with E-state index in [0.29, 0.717) is 6.54 Å². The molecule has 0 spiro atoms. The molecule has 0 unspecified atom stereocenters. The minimum absolute atomic E-state index is 0.194. The first-order valence-electron chi connectivity index (χ1n) is 3.44. The number of carboxylic acids is 1. The molecule has 0 aromatic carbocycles. The molecule has 0 bridgehead atoms. The Morgan fingerprint density at radius 3 is 2.92 bits per heavy atom. The average Bonchev–Trinajstić information content (AvgIpc) is 2.36. The number of thioether (sulfide) groups is 1. The highest BCUT2D eigenvalue weighted by atomic mass is 32.2. The number of aliphatic carboxylic acids is 1. The Labute approximate surface area is 80.4 Å². The van der Waals surface area contributed by atoms with Crippen LogP contribution in [0.25, 0.3) is 0 Å². The lowest BCUT2D eigenvalue weighted by atomic mass is 10.3. The molecule has 1 aliphatic rings. The fraction of sp³-hybridized carbons (Fsp3) is 0.429. The molecule has 0 atom stereocenters. The molecular weight excluding hydrogens is 194 g/mol. The Morgan fingerprint density at radius 2 is 2.50 bits per heavy atom. The van der Waals surface area contributed by atoms with Gasteiger partial charge in [-0.15, -0.1) is 0 Å². The van der Waals surface area contributed by atoms with Gasteiger partial charge in [0.05, 0.1) is 6.54 Å². The van der Waals surface area contributed by atoms with Crippen molar-refractivity contribution >= 4 is 34.3 Å². The van der Waals surface area contributed by atoms with Crippen LogP contribution in [0.15, 0.2) is 12.2 Å². The number of hydrogen-bond acceptors (Lipinski definition) is 3. The summed E-state index contributed by atoms with van der Waals surface area (Å²) >= 11 is 6.58. The summed E-state index contributed by atoms with van der Waals surface area (Å²) in [4.78, 5) is 12.3. The number of carboxylic acid groups (broad SMARTS) is 1. The van der Waals surface area contributed by atoms with Gasteiger partial charge >= 0.3 is 5.97 Å². The molecule has 0 saturated carbocycles. The van der Waals surface area contributed by atoms with Crippen LogP contribution in [0.5, 0.6) is 0 Å². The molecule has 5 heteroatoms. The topological polar surface area (TPSA) is 40.5 Å². The summed E-state index contributed by atoms with van der Waals surface area (Å²) in [5, 5.41) is 8.55. The smallest absolute Gasteiger partial charge is 0.332 e. The second-order valence-corrected chi connectivity index (χ2v) is 4.17. The number of carbonyl (C=O) groups is 1. The first-order chi connectivity index (χ1) is 5.61. The first kappa shape index (κ1) is 9.54. The quantitative estimate of drug-likeness (QED) is 0.546. The van der Waals surface area contributed by atoms with Gasteiger partial charge in [-0.05, 0) is 0 Å². The van der Waals surface area contributed by atoms with Crippen LogP contribution in [-0.4, -0.2) is 39.1 Å². The van der Waals surface area contributed by atoms with E-state index >= 15 is 0 Å². The molecule has 0 aromatic rings. The molecule has 0 radical (unpaired) electrons. The van der Waals surface area contributed by atoms with Crippen LogP contribution in [0.1, 0.15) is 0 Å². The standard InChI is InChI=1S/C7H9NO2S2/c1-5(6(9)10)4-8-2-3-12-7(8)11/h1-4H2,(H,9,10). The number of rotatable bonds is 3. The average molecular weight is 203 g/mol. The van der Waals surface area contributed by atoms with Crippen molar-refractivity contribution in [3.05, 3.63) is 12.2 Å². The largest absolute Gasteiger partial charge is 0.478 e. The highest BCUT2D eigenvalue weighted by Gasteiger charge is 2.19. The second kappa shape index (κ2) is 3.91. The van der Waals surface area contributed by atoms with Crippen molar-refractivity contribution in [2.75, 3.05) is 18.8 Å². The molecular formula is C7H9NO2S2. The van der Waals surface area contributed by atoms with E-state index in [1.54, 1.807) is 11.8 Å². The van der Waals surface area contributed by atoms with E-state index in [0.717, 1.165) is 16.6 Å². The molecule has 0 amide bonds. The van der Waals surface area contributed by atoms with Gasteiger partial charge in [0.25, 0.3) is 0 Å². The number of hydrogen-bond donors (Lipinski definition) is 1. The van der Waals surface area contributed by atoms with Crippen LogP contribution >= 0.6 is 24.0 Å². The van der Waals surface area contributed by atoms with Gasteiger partial charge in [-0.3, -0.25) is 0 Å². The normalized spacial score (nSPS) is 16.7. The molecule has 0 aromatic heterocycles. The zero-order valence-electron chi connectivity index (χ0n) is 6.45. The SMILES string of the molecule is C=C(CN1CCSC1=S)C(=O)O. The summed E-state index contributed by atoms with van der Waals surface area (Å²) in [7, 11) is 0. The lowest BCUT2D eigenvalue weighted by Crippen LogP contribution is -2.27. The van der Waals surface area contributed by atoms with Gasteiger partial charge in [0, 0.05) is 17.9 Å². The third kappa shape index (κ3) is 2.22. The Bertz CT molecular complexity index is 240.